The topological polar surface area (TPSA) is 24.1 Å². The zero-order valence-electron chi connectivity index (χ0n) is 21.1. The van der Waals surface area contributed by atoms with E-state index in [9.17, 15) is 0 Å². The normalized spacial score (nSPS) is 12.8. The molecule has 2 aromatic carbocycles. The second kappa shape index (κ2) is 11.7. The van der Waals surface area contributed by atoms with Crippen LogP contribution in [-0.4, -0.2) is 35.7 Å². The summed E-state index contributed by atoms with van der Waals surface area (Å²) in [5, 5.41) is 10.1. The van der Waals surface area contributed by atoms with Gasteiger partial charge in [0.25, 0.3) is 0 Å². The van der Waals surface area contributed by atoms with Gasteiger partial charge in [0.05, 0.1) is 0 Å². The Labute approximate surface area is 207 Å². The molecule has 0 bridgehead atoms. The summed E-state index contributed by atoms with van der Waals surface area (Å²) in [6.07, 6.45) is 0. The molecule has 2 nitrogen and oxygen atoms in total. The average molecular weight is 509 g/mol. The van der Waals surface area contributed by atoms with Gasteiger partial charge in [0.15, 0.2) is 0 Å². The summed E-state index contributed by atoms with van der Waals surface area (Å²) in [4.78, 5) is 0. The summed E-state index contributed by atoms with van der Waals surface area (Å²) in [6.45, 7) is 19.9. The van der Waals surface area contributed by atoms with Gasteiger partial charge in [-0.25, -0.2) is 0 Å². The largest absolute Gasteiger partial charge is 0.383 e. The van der Waals surface area contributed by atoms with Crippen molar-refractivity contribution < 1.29 is 0 Å². The van der Waals surface area contributed by atoms with Crippen LogP contribution >= 0.6 is 12.1 Å². The molecule has 0 aliphatic heterocycles. The molecule has 0 fully saturated rings. The van der Waals surface area contributed by atoms with E-state index in [-0.39, 0.29) is 0 Å². The molecule has 6 heteroatoms. The van der Waals surface area contributed by atoms with E-state index in [4.69, 9.17) is 23.6 Å². The van der Waals surface area contributed by atoms with Crippen molar-refractivity contribution in [2.75, 3.05) is 23.7 Å². The molecule has 32 heavy (non-hydrogen) atoms. The molecule has 0 aromatic heterocycles. The smallest absolute Gasteiger partial charge is 0.0427 e. The van der Waals surface area contributed by atoms with Gasteiger partial charge in [-0.2, -0.15) is 0 Å². The van der Waals surface area contributed by atoms with Crippen molar-refractivity contribution in [2.45, 2.75) is 78.0 Å². The van der Waals surface area contributed by atoms with Crippen LogP contribution in [0.4, 0.5) is 11.4 Å². The summed E-state index contributed by atoms with van der Waals surface area (Å²) in [7, 11) is 0. The fraction of sp³-hybridized carbons (Fsp3) is 0.538. The van der Waals surface area contributed by atoms with E-state index in [1.54, 1.807) is 0 Å². The first-order valence-corrected chi connectivity index (χ1v) is 17.7. The zero-order chi connectivity index (χ0) is 24.1. The van der Waals surface area contributed by atoms with Gasteiger partial charge in [-0.1, -0.05) is 115 Å². The fourth-order valence-electron chi connectivity index (χ4n) is 4.56. The molecule has 2 N–H and O–H groups in total. The Balaban J connectivity index is 2.19. The minimum atomic E-state index is -1.67. The van der Waals surface area contributed by atoms with Crippen molar-refractivity contribution >= 4 is 57.7 Å². The Hall–Kier alpha value is -0.660. The predicted octanol–water partition coefficient (Wildman–Crippen LogP) is 7.05. The maximum Gasteiger partial charge on any atom is 0.0427 e. The van der Waals surface area contributed by atoms with Gasteiger partial charge in [-0.15, -0.1) is 0 Å². The van der Waals surface area contributed by atoms with E-state index in [1.807, 2.05) is 0 Å². The number of anilines is 2. The van der Waals surface area contributed by atoms with Crippen molar-refractivity contribution in [3.63, 3.8) is 0 Å². The van der Waals surface area contributed by atoms with Crippen LogP contribution in [-0.2, 0) is 23.6 Å². The molecule has 0 amide bonds. The number of hydrogen-bond donors (Lipinski definition) is 2. The monoisotopic (exact) mass is 508 g/mol. The molecule has 0 saturated carbocycles. The highest BCUT2D eigenvalue weighted by Crippen LogP contribution is 2.56. The average Bonchev–Trinajstić information content (AvgIpc) is 2.75. The van der Waals surface area contributed by atoms with Gasteiger partial charge >= 0.3 is 0 Å². The van der Waals surface area contributed by atoms with Crippen LogP contribution in [0.2, 0.25) is 0 Å². The minimum Gasteiger partial charge on any atom is -0.383 e. The molecule has 2 aromatic rings. The molecular weight excluding hydrogens is 466 g/mol. The summed E-state index contributed by atoms with van der Waals surface area (Å²) in [5.74, 6) is 0. The molecule has 0 unspecified atom stereocenters. The highest BCUT2D eigenvalue weighted by Gasteiger charge is 2.30. The van der Waals surface area contributed by atoms with Gasteiger partial charge in [-0.05, 0) is 46.8 Å². The molecule has 0 atom stereocenters. The summed E-state index contributed by atoms with van der Waals surface area (Å²) in [6, 6.07) is 14.0. The predicted molar refractivity (Wildman–Crippen MR) is 158 cm³/mol. The van der Waals surface area contributed by atoms with Crippen molar-refractivity contribution in [3.8, 4) is 0 Å². The van der Waals surface area contributed by atoms with Crippen LogP contribution in [0.15, 0.2) is 48.5 Å². The molecule has 0 heterocycles. The Morgan fingerprint density at radius 1 is 0.562 bits per heavy atom. The van der Waals surface area contributed by atoms with E-state index in [1.165, 1.54) is 22.0 Å². The molecular formula is C26H42N2P2S2. The lowest BCUT2D eigenvalue weighted by Gasteiger charge is -2.33. The highest BCUT2D eigenvalue weighted by molar-refractivity contribution is 8.19. The van der Waals surface area contributed by atoms with Crippen LogP contribution < -0.4 is 21.2 Å². The third-order valence-electron chi connectivity index (χ3n) is 6.39. The minimum absolute atomic E-state index is 0.488. The summed E-state index contributed by atoms with van der Waals surface area (Å²) >= 11 is 12.6. The van der Waals surface area contributed by atoms with Crippen LogP contribution in [0, 0.1) is 0 Å². The SMILES string of the molecule is CC(C)P(=S)(c1ccccc1NCCNc1ccccc1P(=S)(C(C)C)C(C)C)C(C)C. The maximum atomic E-state index is 6.31. The maximum absolute atomic E-state index is 6.31. The van der Waals surface area contributed by atoms with Gasteiger partial charge in [-0.3, -0.25) is 0 Å². The Bertz CT molecular complexity index is 880. The van der Waals surface area contributed by atoms with E-state index in [2.05, 4.69) is 115 Å². The van der Waals surface area contributed by atoms with Crippen molar-refractivity contribution in [1.82, 2.24) is 0 Å². The Kier molecular flexibility index (Phi) is 10.0. The quantitative estimate of drug-likeness (QED) is 0.251. The molecule has 178 valence electrons. The van der Waals surface area contributed by atoms with Gasteiger partial charge in [0, 0.05) is 35.1 Å². The lowest BCUT2D eigenvalue weighted by molar-refractivity contribution is 1.01. The first-order valence-electron chi connectivity index (χ1n) is 11.8. The van der Waals surface area contributed by atoms with E-state index < -0.39 is 12.1 Å². The Morgan fingerprint density at radius 2 is 0.844 bits per heavy atom. The molecule has 0 aliphatic carbocycles. The summed E-state index contributed by atoms with van der Waals surface area (Å²) < 4.78 is 0. The molecule has 0 aliphatic rings. The van der Waals surface area contributed by atoms with Crippen LogP contribution in [0.5, 0.6) is 0 Å². The first kappa shape index (κ1) is 27.6. The number of rotatable bonds is 11. The third kappa shape index (κ3) is 5.69. The second-order valence-electron chi connectivity index (χ2n) is 9.68. The lowest BCUT2D eigenvalue weighted by Crippen LogP contribution is -2.26. The van der Waals surface area contributed by atoms with Gasteiger partial charge in [0.1, 0.15) is 0 Å². The standard InChI is InChI=1S/C26H42N2P2S2/c1-19(2)29(31,20(3)4)25-15-11-9-13-23(25)27-17-18-28-24-14-10-12-16-26(24)30(32,21(5)6)22(7)8/h9-16,19-22,27-28H,17-18H2,1-8H3. The summed E-state index contributed by atoms with van der Waals surface area (Å²) in [5.41, 5.74) is 4.34. The van der Waals surface area contributed by atoms with Crippen LogP contribution in [0.3, 0.4) is 0 Å². The lowest BCUT2D eigenvalue weighted by atomic mass is 10.3. The zero-order valence-corrected chi connectivity index (χ0v) is 24.5. The number of hydrogen-bond acceptors (Lipinski definition) is 4. The van der Waals surface area contributed by atoms with Crippen molar-refractivity contribution in [1.29, 1.82) is 0 Å². The van der Waals surface area contributed by atoms with E-state index in [0.29, 0.717) is 22.6 Å². The number of para-hydroxylation sites is 2. The van der Waals surface area contributed by atoms with Gasteiger partial charge in [0.2, 0.25) is 0 Å². The van der Waals surface area contributed by atoms with Crippen LogP contribution in [0.25, 0.3) is 0 Å². The second-order valence-corrected chi connectivity index (χ2v) is 21.2. The van der Waals surface area contributed by atoms with Crippen molar-refractivity contribution in [3.05, 3.63) is 48.5 Å². The number of benzene rings is 2. The highest BCUT2D eigenvalue weighted by atomic mass is 32.4. The molecule has 0 spiro atoms. The van der Waals surface area contributed by atoms with Crippen molar-refractivity contribution in [2.24, 2.45) is 0 Å². The fourth-order valence-corrected chi connectivity index (χ4v) is 11.8. The first-order chi connectivity index (χ1) is 15.0. The molecule has 2 rings (SSSR count). The third-order valence-corrected chi connectivity index (χ3v) is 21.0. The molecule has 0 radical (unpaired) electrons. The number of nitrogens with one attached hydrogen (secondary N) is 2. The van der Waals surface area contributed by atoms with Crippen LogP contribution in [0.1, 0.15) is 55.4 Å². The Morgan fingerprint density at radius 3 is 1.12 bits per heavy atom. The van der Waals surface area contributed by atoms with Gasteiger partial charge < -0.3 is 10.6 Å². The van der Waals surface area contributed by atoms with E-state index >= 15 is 0 Å². The molecule has 0 saturated heterocycles. The van der Waals surface area contributed by atoms with E-state index in [0.717, 1.165) is 13.1 Å².